The number of anilines is 1. The van der Waals surface area contributed by atoms with E-state index < -0.39 is 10.0 Å². The molecule has 0 saturated heterocycles. The van der Waals surface area contributed by atoms with Gasteiger partial charge in [0.1, 0.15) is 18.1 Å². The predicted molar refractivity (Wildman–Crippen MR) is 103 cm³/mol. The molecule has 2 rings (SSSR count). The fourth-order valence-electron chi connectivity index (χ4n) is 2.18. The third-order valence-electron chi connectivity index (χ3n) is 3.42. The molecule has 0 aliphatic carbocycles. The van der Waals surface area contributed by atoms with Gasteiger partial charge in [-0.2, -0.15) is 11.8 Å². The molecule has 0 atom stereocenters. The van der Waals surface area contributed by atoms with E-state index >= 15 is 0 Å². The van der Waals surface area contributed by atoms with Gasteiger partial charge in [0.25, 0.3) is 0 Å². The van der Waals surface area contributed by atoms with Gasteiger partial charge in [-0.1, -0.05) is 6.07 Å². The predicted octanol–water partition coefficient (Wildman–Crippen LogP) is 2.10. The van der Waals surface area contributed by atoms with E-state index in [0.29, 0.717) is 23.7 Å². The smallest absolute Gasteiger partial charge is 0.240 e. The highest BCUT2D eigenvalue weighted by Crippen LogP contribution is 2.22. The normalized spacial score (nSPS) is 11.2. The maximum Gasteiger partial charge on any atom is 0.240 e. The van der Waals surface area contributed by atoms with Crippen LogP contribution in [0.5, 0.6) is 5.75 Å². The second kappa shape index (κ2) is 9.54. The molecular weight excluding hydrogens is 376 g/mol. The highest BCUT2D eigenvalue weighted by Gasteiger charge is 2.21. The first-order chi connectivity index (χ1) is 12.4. The van der Waals surface area contributed by atoms with E-state index in [0.717, 1.165) is 22.1 Å². The first-order valence-corrected chi connectivity index (χ1v) is 10.9. The van der Waals surface area contributed by atoms with Gasteiger partial charge in [-0.3, -0.25) is 9.10 Å². The van der Waals surface area contributed by atoms with E-state index in [9.17, 15) is 13.2 Å². The van der Waals surface area contributed by atoms with Crippen molar-refractivity contribution in [2.24, 2.45) is 0 Å². The molecule has 1 N–H and O–H groups in total. The summed E-state index contributed by atoms with van der Waals surface area (Å²) in [5, 5.41) is 2.74. The first kappa shape index (κ1) is 20.2. The lowest BCUT2D eigenvalue weighted by molar-refractivity contribution is -0.119. The van der Waals surface area contributed by atoms with Crippen molar-refractivity contribution in [2.45, 2.75) is 5.75 Å². The third kappa shape index (κ3) is 6.30. The van der Waals surface area contributed by atoms with Crippen LogP contribution in [-0.4, -0.2) is 46.5 Å². The minimum absolute atomic E-state index is 0.283. The molecule has 0 saturated carbocycles. The highest BCUT2D eigenvalue weighted by molar-refractivity contribution is 7.98. The number of carbonyl (C=O) groups excluding carboxylic acids is 1. The lowest BCUT2D eigenvalue weighted by atomic mass is 10.3. The largest absolute Gasteiger partial charge is 0.497 e. The van der Waals surface area contributed by atoms with Crippen LogP contribution in [-0.2, 0) is 20.6 Å². The summed E-state index contributed by atoms with van der Waals surface area (Å²) in [4.78, 5) is 12.1. The Bertz CT molecular complexity index is 806. The van der Waals surface area contributed by atoms with E-state index in [1.54, 1.807) is 42.3 Å². The second-order valence-corrected chi connectivity index (χ2v) is 8.47. The summed E-state index contributed by atoms with van der Waals surface area (Å²) in [6.07, 6.45) is 2.69. The number of amides is 1. The number of nitrogens with one attached hydrogen (secondary N) is 1. The molecule has 7 nitrogen and oxygen atoms in total. The van der Waals surface area contributed by atoms with Gasteiger partial charge in [-0.25, -0.2) is 8.42 Å². The molecular formula is C17H22N2O5S2. The van der Waals surface area contributed by atoms with Crippen LogP contribution >= 0.6 is 11.8 Å². The molecule has 0 fully saturated rings. The molecule has 142 valence electrons. The van der Waals surface area contributed by atoms with Crippen LogP contribution in [0.25, 0.3) is 0 Å². The maximum atomic E-state index is 12.1. The Morgan fingerprint density at radius 2 is 2.12 bits per heavy atom. The van der Waals surface area contributed by atoms with Crippen LogP contribution in [0.15, 0.2) is 47.1 Å². The van der Waals surface area contributed by atoms with E-state index in [1.807, 2.05) is 12.1 Å². The molecule has 26 heavy (non-hydrogen) atoms. The van der Waals surface area contributed by atoms with Crippen molar-refractivity contribution < 1.29 is 22.4 Å². The summed E-state index contributed by atoms with van der Waals surface area (Å²) in [7, 11) is -2.11. The average Bonchev–Trinajstić information content (AvgIpc) is 3.12. The van der Waals surface area contributed by atoms with Gasteiger partial charge in [0.15, 0.2) is 0 Å². The van der Waals surface area contributed by atoms with Crippen molar-refractivity contribution in [3.63, 3.8) is 0 Å². The van der Waals surface area contributed by atoms with Crippen LogP contribution in [0.4, 0.5) is 5.69 Å². The second-order valence-electron chi connectivity index (χ2n) is 5.45. The molecule has 1 heterocycles. The van der Waals surface area contributed by atoms with Crippen molar-refractivity contribution in [1.82, 2.24) is 5.32 Å². The Morgan fingerprint density at radius 3 is 2.77 bits per heavy atom. The molecule has 0 unspecified atom stereocenters. The Balaban J connectivity index is 1.86. The average molecular weight is 399 g/mol. The lowest BCUT2D eigenvalue weighted by Gasteiger charge is -2.22. The molecule has 0 bridgehead atoms. The van der Waals surface area contributed by atoms with Crippen molar-refractivity contribution >= 4 is 33.4 Å². The lowest BCUT2D eigenvalue weighted by Crippen LogP contribution is -2.41. The van der Waals surface area contributed by atoms with Crippen molar-refractivity contribution in [2.75, 3.05) is 36.5 Å². The molecule has 9 heteroatoms. The number of nitrogens with zero attached hydrogens (tertiary/aromatic N) is 1. The van der Waals surface area contributed by atoms with Gasteiger partial charge in [0, 0.05) is 18.4 Å². The highest BCUT2D eigenvalue weighted by atomic mass is 32.2. The van der Waals surface area contributed by atoms with E-state index in [4.69, 9.17) is 9.15 Å². The van der Waals surface area contributed by atoms with Gasteiger partial charge in [-0.15, -0.1) is 0 Å². The minimum atomic E-state index is -3.60. The summed E-state index contributed by atoms with van der Waals surface area (Å²) in [6.45, 7) is 0.161. The molecule has 0 aliphatic heterocycles. The summed E-state index contributed by atoms with van der Waals surface area (Å²) in [5.74, 6) is 2.46. The van der Waals surface area contributed by atoms with Crippen LogP contribution in [0.3, 0.4) is 0 Å². The number of ether oxygens (including phenoxy) is 1. The topological polar surface area (TPSA) is 88.8 Å². The maximum absolute atomic E-state index is 12.1. The Morgan fingerprint density at radius 1 is 1.31 bits per heavy atom. The standard InChI is InChI=1S/C17H22N2O5S2/c1-23-15-6-3-5-14(11-15)19(26(2,21)22)12-17(20)18-8-10-25-13-16-7-4-9-24-16/h3-7,9,11H,8,10,12-13H2,1-2H3,(H,18,20). The third-order valence-corrected chi connectivity index (χ3v) is 5.54. The number of methoxy groups -OCH3 is 1. The Labute approximate surface area is 157 Å². The van der Waals surface area contributed by atoms with Gasteiger partial charge >= 0.3 is 0 Å². The fourth-order valence-corrected chi connectivity index (χ4v) is 3.79. The SMILES string of the molecule is COc1cccc(N(CC(=O)NCCSCc2ccco2)S(C)(=O)=O)c1. The summed E-state index contributed by atoms with van der Waals surface area (Å²) >= 11 is 1.62. The zero-order chi connectivity index (χ0) is 19.0. The number of thioether (sulfide) groups is 1. The van der Waals surface area contributed by atoms with E-state index in [1.165, 1.54) is 7.11 Å². The summed E-state index contributed by atoms with van der Waals surface area (Å²) in [6, 6.07) is 10.3. The van der Waals surface area contributed by atoms with Gasteiger partial charge in [0.2, 0.25) is 15.9 Å². The van der Waals surface area contributed by atoms with Crippen molar-refractivity contribution in [1.29, 1.82) is 0 Å². The van der Waals surface area contributed by atoms with Crippen molar-refractivity contribution in [3.8, 4) is 5.75 Å². The number of rotatable bonds is 10. The quantitative estimate of drug-likeness (QED) is 0.617. The zero-order valence-corrected chi connectivity index (χ0v) is 16.3. The van der Waals surface area contributed by atoms with Gasteiger partial charge in [0.05, 0.1) is 31.1 Å². The molecule has 0 spiro atoms. The molecule has 1 aromatic heterocycles. The molecule has 0 aliphatic rings. The van der Waals surface area contributed by atoms with Gasteiger partial charge < -0.3 is 14.5 Å². The molecule has 1 amide bonds. The number of carbonyl (C=O) groups is 1. The summed E-state index contributed by atoms with van der Waals surface area (Å²) < 4.78 is 35.5. The van der Waals surface area contributed by atoms with E-state index in [2.05, 4.69) is 5.32 Å². The number of benzene rings is 1. The fraction of sp³-hybridized carbons (Fsp3) is 0.353. The Kier molecular flexibility index (Phi) is 7.40. The number of hydrogen-bond donors (Lipinski definition) is 1. The van der Waals surface area contributed by atoms with Crippen molar-refractivity contribution in [3.05, 3.63) is 48.4 Å². The van der Waals surface area contributed by atoms with Crippen LogP contribution in [0.2, 0.25) is 0 Å². The number of furan rings is 1. The minimum Gasteiger partial charge on any atom is -0.497 e. The molecule has 0 radical (unpaired) electrons. The zero-order valence-electron chi connectivity index (χ0n) is 14.7. The van der Waals surface area contributed by atoms with Gasteiger partial charge in [-0.05, 0) is 24.3 Å². The Hall–Kier alpha value is -2.13. The molecule has 1 aromatic carbocycles. The number of hydrogen-bond acceptors (Lipinski definition) is 6. The monoisotopic (exact) mass is 398 g/mol. The summed E-state index contributed by atoms with van der Waals surface area (Å²) in [5.41, 5.74) is 0.384. The molecule has 2 aromatic rings. The van der Waals surface area contributed by atoms with Crippen LogP contribution in [0.1, 0.15) is 5.76 Å². The number of sulfonamides is 1. The van der Waals surface area contributed by atoms with E-state index in [-0.39, 0.29) is 12.5 Å². The first-order valence-electron chi connectivity index (χ1n) is 7.89. The van der Waals surface area contributed by atoms with Crippen LogP contribution in [0, 0.1) is 0 Å². The van der Waals surface area contributed by atoms with Crippen LogP contribution < -0.4 is 14.4 Å².